The highest BCUT2D eigenvalue weighted by Crippen LogP contribution is 2.44. The molecule has 0 heterocycles. The summed E-state index contributed by atoms with van der Waals surface area (Å²) >= 11 is 0. The summed E-state index contributed by atoms with van der Waals surface area (Å²) in [4.78, 5) is 10.5. The minimum Gasteiger partial charge on any atom is -0.477 e. The molecule has 0 aromatic carbocycles. The third kappa shape index (κ3) is 2.94. The summed E-state index contributed by atoms with van der Waals surface area (Å²) in [6, 6.07) is 0. The summed E-state index contributed by atoms with van der Waals surface area (Å²) in [5.74, 6) is -5.94. The molecule has 0 aliphatic heterocycles. The lowest BCUT2D eigenvalue weighted by Crippen LogP contribution is -2.55. The minimum absolute atomic E-state index is 0.0148. The molecule has 1 aliphatic carbocycles. The van der Waals surface area contributed by atoms with Crippen molar-refractivity contribution in [1.82, 2.24) is 0 Å². The van der Waals surface area contributed by atoms with E-state index >= 15 is 0 Å². The molecular weight excluding hydrogens is 230 g/mol. The molecule has 0 radical (unpaired) electrons. The van der Waals surface area contributed by atoms with Crippen molar-refractivity contribution in [2.45, 2.75) is 57.5 Å². The number of rotatable bonds is 4. The fourth-order valence-corrected chi connectivity index (χ4v) is 2.72. The van der Waals surface area contributed by atoms with Gasteiger partial charge in [0.05, 0.1) is 0 Å². The molecule has 0 bridgehead atoms. The summed E-state index contributed by atoms with van der Waals surface area (Å²) in [6.45, 7) is 3.98. The van der Waals surface area contributed by atoms with Crippen molar-refractivity contribution in [2.75, 3.05) is 0 Å². The Morgan fingerprint density at radius 3 is 2.59 bits per heavy atom. The molecule has 100 valence electrons. The van der Waals surface area contributed by atoms with Gasteiger partial charge in [0.2, 0.25) is 0 Å². The van der Waals surface area contributed by atoms with Crippen LogP contribution in [-0.4, -0.2) is 27.7 Å². The molecule has 2 atom stereocenters. The van der Waals surface area contributed by atoms with Crippen molar-refractivity contribution < 1.29 is 23.8 Å². The molecule has 2 N–H and O–H groups in total. The van der Waals surface area contributed by atoms with E-state index in [1.807, 2.05) is 13.8 Å². The van der Waals surface area contributed by atoms with E-state index in [9.17, 15) is 18.7 Å². The third-order valence-electron chi connectivity index (χ3n) is 3.49. The smallest absolute Gasteiger partial charge is 0.377 e. The maximum absolute atomic E-state index is 13.5. The molecular formula is C12H20F2O3. The molecule has 0 spiro atoms. The molecule has 1 saturated carbocycles. The van der Waals surface area contributed by atoms with Gasteiger partial charge in [0, 0.05) is 0 Å². The first-order valence-corrected chi connectivity index (χ1v) is 6.02. The lowest BCUT2D eigenvalue weighted by Gasteiger charge is -2.40. The van der Waals surface area contributed by atoms with Crippen molar-refractivity contribution in [3.63, 3.8) is 0 Å². The Morgan fingerprint density at radius 1 is 1.53 bits per heavy atom. The topological polar surface area (TPSA) is 57.5 Å². The van der Waals surface area contributed by atoms with Crippen LogP contribution in [0.15, 0.2) is 0 Å². The van der Waals surface area contributed by atoms with Gasteiger partial charge in [-0.15, -0.1) is 0 Å². The normalized spacial score (nSPS) is 30.6. The van der Waals surface area contributed by atoms with Crippen molar-refractivity contribution in [3.8, 4) is 0 Å². The Hall–Kier alpha value is -0.710. The number of alkyl halides is 2. The zero-order valence-corrected chi connectivity index (χ0v) is 10.2. The lowest BCUT2D eigenvalue weighted by molar-refractivity contribution is -0.219. The van der Waals surface area contributed by atoms with Crippen LogP contribution < -0.4 is 0 Å². The minimum atomic E-state index is -4.05. The van der Waals surface area contributed by atoms with Crippen LogP contribution in [0.3, 0.4) is 0 Å². The van der Waals surface area contributed by atoms with Crippen molar-refractivity contribution in [2.24, 2.45) is 11.8 Å². The summed E-state index contributed by atoms with van der Waals surface area (Å²) in [5.41, 5.74) is -2.38. The van der Waals surface area contributed by atoms with Crippen LogP contribution >= 0.6 is 0 Å². The molecule has 1 aliphatic rings. The third-order valence-corrected chi connectivity index (χ3v) is 3.49. The lowest BCUT2D eigenvalue weighted by atomic mass is 9.72. The summed E-state index contributed by atoms with van der Waals surface area (Å²) in [5, 5.41) is 18.4. The second-order valence-electron chi connectivity index (χ2n) is 5.50. The van der Waals surface area contributed by atoms with E-state index in [2.05, 4.69) is 0 Å². The fourth-order valence-electron chi connectivity index (χ4n) is 2.72. The van der Waals surface area contributed by atoms with Gasteiger partial charge in [-0.3, -0.25) is 0 Å². The summed E-state index contributed by atoms with van der Waals surface area (Å²) in [6.07, 6.45) is 1.73. The molecule has 3 nitrogen and oxygen atoms in total. The average Bonchev–Trinajstić information content (AvgIpc) is 2.15. The Labute approximate surface area is 99.8 Å². The number of hydrogen-bond acceptors (Lipinski definition) is 2. The molecule has 0 aromatic rings. The Bertz CT molecular complexity index is 291. The molecule has 1 fully saturated rings. The molecule has 0 saturated heterocycles. The Balaban J connectivity index is 2.79. The van der Waals surface area contributed by atoms with Crippen molar-refractivity contribution in [1.29, 1.82) is 0 Å². The number of carboxylic acid groups (broad SMARTS) is 1. The van der Waals surface area contributed by atoms with E-state index < -0.39 is 17.5 Å². The van der Waals surface area contributed by atoms with E-state index in [1.165, 1.54) is 0 Å². The first-order chi connectivity index (χ1) is 7.69. The van der Waals surface area contributed by atoms with Gasteiger partial charge in [-0.25, -0.2) is 4.79 Å². The van der Waals surface area contributed by atoms with Crippen LogP contribution in [0.4, 0.5) is 8.78 Å². The predicted molar refractivity (Wildman–Crippen MR) is 58.9 cm³/mol. The number of aliphatic carboxylic acids is 1. The van der Waals surface area contributed by atoms with Gasteiger partial charge in [-0.2, -0.15) is 8.78 Å². The number of carboxylic acids is 1. The number of hydrogen-bond donors (Lipinski definition) is 2. The van der Waals surface area contributed by atoms with Crippen molar-refractivity contribution in [3.05, 3.63) is 0 Å². The van der Waals surface area contributed by atoms with Crippen LogP contribution in [0.1, 0.15) is 46.0 Å². The van der Waals surface area contributed by atoms with Gasteiger partial charge in [0.1, 0.15) is 5.60 Å². The molecule has 5 heteroatoms. The van der Waals surface area contributed by atoms with Gasteiger partial charge in [0.15, 0.2) is 0 Å². The number of aliphatic hydroxyl groups is 1. The van der Waals surface area contributed by atoms with Gasteiger partial charge in [0.25, 0.3) is 0 Å². The highest BCUT2D eigenvalue weighted by Gasteiger charge is 2.59. The summed E-state index contributed by atoms with van der Waals surface area (Å²) in [7, 11) is 0. The van der Waals surface area contributed by atoms with Crippen LogP contribution in [0.5, 0.6) is 0 Å². The second kappa shape index (κ2) is 4.88. The van der Waals surface area contributed by atoms with Gasteiger partial charge in [-0.1, -0.05) is 26.7 Å². The van der Waals surface area contributed by atoms with Crippen LogP contribution in [0.2, 0.25) is 0 Å². The zero-order chi connectivity index (χ0) is 13.3. The molecule has 0 aromatic heterocycles. The standard InChI is InChI=1S/C12H20F2O3/c1-8(2)6-9-4-3-5-11(17,7-9)12(13,14)10(15)16/h8-9,17H,3-7H2,1-2H3,(H,15,16). The van der Waals surface area contributed by atoms with Gasteiger partial charge < -0.3 is 10.2 Å². The van der Waals surface area contributed by atoms with Gasteiger partial charge in [-0.05, 0) is 31.1 Å². The van der Waals surface area contributed by atoms with E-state index in [4.69, 9.17) is 5.11 Å². The van der Waals surface area contributed by atoms with Crippen molar-refractivity contribution >= 4 is 5.97 Å². The molecule has 1 rings (SSSR count). The van der Waals surface area contributed by atoms with Crippen LogP contribution in [-0.2, 0) is 4.79 Å². The predicted octanol–water partition coefficient (Wildman–Crippen LogP) is 2.67. The van der Waals surface area contributed by atoms with Crippen LogP contribution in [0, 0.1) is 11.8 Å². The SMILES string of the molecule is CC(C)CC1CCCC(O)(C(F)(F)C(=O)O)C1. The van der Waals surface area contributed by atoms with Crippen LogP contribution in [0.25, 0.3) is 0 Å². The van der Waals surface area contributed by atoms with E-state index in [1.54, 1.807) is 0 Å². The first-order valence-electron chi connectivity index (χ1n) is 6.02. The average molecular weight is 250 g/mol. The molecule has 2 unspecified atom stereocenters. The number of halogens is 2. The van der Waals surface area contributed by atoms with E-state index in [0.717, 1.165) is 12.8 Å². The largest absolute Gasteiger partial charge is 0.477 e. The highest BCUT2D eigenvalue weighted by molar-refractivity contribution is 5.77. The quantitative estimate of drug-likeness (QED) is 0.806. The maximum atomic E-state index is 13.5. The first kappa shape index (κ1) is 14.4. The maximum Gasteiger partial charge on any atom is 0.377 e. The summed E-state index contributed by atoms with van der Waals surface area (Å²) < 4.78 is 27.0. The fraction of sp³-hybridized carbons (Fsp3) is 0.917. The van der Waals surface area contributed by atoms with E-state index in [-0.39, 0.29) is 18.8 Å². The van der Waals surface area contributed by atoms with Gasteiger partial charge >= 0.3 is 11.9 Å². The molecule has 17 heavy (non-hydrogen) atoms. The second-order valence-corrected chi connectivity index (χ2v) is 5.50. The molecule has 0 amide bonds. The Kier molecular flexibility index (Phi) is 4.12. The Morgan fingerprint density at radius 2 is 2.12 bits per heavy atom. The van der Waals surface area contributed by atoms with E-state index in [0.29, 0.717) is 12.3 Å². The highest BCUT2D eigenvalue weighted by atomic mass is 19.3. The zero-order valence-electron chi connectivity index (χ0n) is 10.2. The monoisotopic (exact) mass is 250 g/mol. The number of carbonyl (C=O) groups is 1.